The number of aldehydes is 1. The minimum absolute atomic E-state index is 0.236. The summed E-state index contributed by atoms with van der Waals surface area (Å²) in [4.78, 5) is 10.9. The second-order valence-electron chi connectivity index (χ2n) is 4.58. The summed E-state index contributed by atoms with van der Waals surface area (Å²) in [5, 5.41) is 0. The van der Waals surface area contributed by atoms with E-state index >= 15 is 0 Å². The van der Waals surface area contributed by atoms with Gasteiger partial charge in [0.1, 0.15) is 11.5 Å². The smallest absolute Gasteiger partial charge is 0.153 e. The Balaban J connectivity index is 2.68. The van der Waals surface area contributed by atoms with Crippen LogP contribution in [-0.2, 0) is 4.74 Å². The van der Waals surface area contributed by atoms with Gasteiger partial charge in [-0.2, -0.15) is 0 Å². The number of carbonyl (C=O) groups excluding carboxylic acids is 1. The van der Waals surface area contributed by atoms with Crippen LogP contribution in [0, 0.1) is 0 Å². The molecule has 0 saturated heterocycles. The Morgan fingerprint density at radius 3 is 2.56 bits per heavy atom. The number of benzene rings is 1. The third-order valence-electron chi connectivity index (χ3n) is 2.86. The average molecular weight is 252 g/mol. The Hall–Kier alpha value is -1.55. The number of hydrogen-bond acceptors (Lipinski definition) is 4. The molecule has 1 aromatic rings. The van der Waals surface area contributed by atoms with Crippen LogP contribution < -0.4 is 9.47 Å². The Morgan fingerprint density at radius 2 is 2.00 bits per heavy atom. The number of hydrogen-bond donors (Lipinski definition) is 0. The first kappa shape index (κ1) is 14.5. The first-order chi connectivity index (χ1) is 8.52. The van der Waals surface area contributed by atoms with Crippen molar-refractivity contribution in [2.75, 3.05) is 20.8 Å². The molecule has 0 aliphatic carbocycles. The minimum Gasteiger partial charge on any atom is -0.497 e. The van der Waals surface area contributed by atoms with Gasteiger partial charge in [0, 0.05) is 19.6 Å². The van der Waals surface area contributed by atoms with Gasteiger partial charge in [0.2, 0.25) is 0 Å². The van der Waals surface area contributed by atoms with Crippen LogP contribution in [0.15, 0.2) is 18.2 Å². The molecule has 0 aromatic heterocycles. The maximum absolute atomic E-state index is 10.9. The largest absolute Gasteiger partial charge is 0.497 e. The van der Waals surface area contributed by atoms with Crippen LogP contribution in [0.5, 0.6) is 11.5 Å². The van der Waals surface area contributed by atoms with Gasteiger partial charge in [-0.3, -0.25) is 4.79 Å². The van der Waals surface area contributed by atoms with Crippen molar-refractivity contribution in [2.24, 2.45) is 0 Å². The monoisotopic (exact) mass is 252 g/mol. The van der Waals surface area contributed by atoms with E-state index in [4.69, 9.17) is 14.2 Å². The van der Waals surface area contributed by atoms with Crippen LogP contribution in [0.2, 0.25) is 0 Å². The topological polar surface area (TPSA) is 44.8 Å². The second kappa shape index (κ2) is 6.40. The van der Waals surface area contributed by atoms with Crippen molar-refractivity contribution in [3.63, 3.8) is 0 Å². The van der Waals surface area contributed by atoms with E-state index in [2.05, 4.69) is 0 Å². The molecule has 18 heavy (non-hydrogen) atoms. The highest BCUT2D eigenvalue weighted by Crippen LogP contribution is 2.24. The predicted molar refractivity (Wildman–Crippen MR) is 69.6 cm³/mol. The van der Waals surface area contributed by atoms with Crippen LogP contribution in [0.3, 0.4) is 0 Å². The van der Waals surface area contributed by atoms with Crippen molar-refractivity contribution in [3.8, 4) is 11.5 Å². The lowest BCUT2D eigenvalue weighted by molar-refractivity contribution is 0.00541. The van der Waals surface area contributed by atoms with Gasteiger partial charge in [0.15, 0.2) is 6.29 Å². The maximum atomic E-state index is 10.9. The lowest BCUT2D eigenvalue weighted by Crippen LogP contribution is -2.25. The molecule has 0 aliphatic heterocycles. The first-order valence-corrected chi connectivity index (χ1v) is 5.83. The highest BCUT2D eigenvalue weighted by atomic mass is 16.5. The molecular weight excluding hydrogens is 232 g/mol. The van der Waals surface area contributed by atoms with Crippen molar-refractivity contribution in [1.82, 2.24) is 0 Å². The molecule has 0 unspecified atom stereocenters. The fourth-order valence-corrected chi connectivity index (χ4v) is 1.37. The summed E-state index contributed by atoms with van der Waals surface area (Å²) < 4.78 is 16.0. The van der Waals surface area contributed by atoms with Crippen LogP contribution in [-0.4, -0.2) is 32.7 Å². The summed E-state index contributed by atoms with van der Waals surface area (Å²) in [6, 6.07) is 5.13. The number of methoxy groups -OCH3 is 2. The second-order valence-corrected chi connectivity index (χ2v) is 4.58. The van der Waals surface area contributed by atoms with Crippen LogP contribution >= 0.6 is 0 Å². The Bertz CT molecular complexity index is 399. The molecule has 0 heterocycles. The molecule has 0 aliphatic rings. The highest BCUT2D eigenvalue weighted by molar-refractivity contribution is 5.79. The van der Waals surface area contributed by atoms with Crippen molar-refractivity contribution >= 4 is 6.29 Å². The lowest BCUT2D eigenvalue weighted by atomic mass is 10.1. The molecule has 0 N–H and O–H groups in total. The van der Waals surface area contributed by atoms with E-state index in [9.17, 15) is 4.79 Å². The van der Waals surface area contributed by atoms with Crippen molar-refractivity contribution in [3.05, 3.63) is 23.8 Å². The van der Waals surface area contributed by atoms with Crippen molar-refractivity contribution < 1.29 is 19.0 Å². The summed E-state index contributed by atoms with van der Waals surface area (Å²) in [6.45, 7) is 4.46. The molecule has 4 heteroatoms. The van der Waals surface area contributed by atoms with Gasteiger partial charge in [-0.15, -0.1) is 0 Å². The summed E-state index contributed by atoms with van der Waals surface area (Å²) in [5.41, 5.74) is 0.284. The molecule has 1 aromatic carbocycles. The zero-order valence-electron chi connectivity index (χ0n) is 11.4. The van der Waals surface area contributed by atoms with Gasteiger partial charge < -0.3 is 14.2 Å². The molecule has 0 atom stereocenters. The van der Waals surface area contributed by atoms with Crippen LogP contribution in [0.1, 0.15) is 30.6 Å². The molecule has 0 fully saturated rings. The molecule has 0 saturated carbocycles. The molecule has 4 nitrogen and oxygen atoms in total. The standard InChI is InChI=1S/C14H20O4/c1-14(2,17-4)7-8-18-13-9-12(16-3)6-5-11(13)10-15/h5-6,9-10H,7-8H2,1-4H3. The fourth-order valence-electron chi connectivity index (χ4n) is 1.37. The number of ether oxygens (including phenoxy) is 3. The Kier molecular flexibility index (Phi) is 5.16. The number of rotatable bonds is 7. The SMILES string of the molecule is COc1ccc(C=O)c(OCCC(C)(C)OC)c1. The first-order valence-electron chi connectivity index (χ1n) is 5.83. The molecule has 0 amide bonds. The van der Waals surface area contributed by atoms with Gasteiger partial charge in [-0.1, -0.05) is 0 Å². The molecule has 0 spiro atoms. The molecule has 1 rings (SSSR count). The maximum Gasteiger partial charge on any atom is 0.153 e. The summed E-state index contributed by atoms with van der Waals surface area (Å²) >= 11 is 0. The van der Waals surface area contributed by atoms with E-state index in [1.165, 1.54) is 0 Å². The quantitative estimate of drug-likeness (QED) is 0.700. The molecule has 0 radical (unpaired) electrons. The predicted octanol–water partition coefficient (Wildman–Crippen LogP) is 2.70. The van der Waals surface area contributed by atoms with Crippen molar-refractivity contribution in [1.29, 1.82) is 0 Å². The van der Waals surface area contributed by atoms with E-state index in [-0.39, 0.29) is 5.60 Å². The Labute approximate surface area is 108 Å². The lowest BCUT2D eigenvalue weighted by Gasteiger charge is -2.22. The van der Waals surface area contributed by atoms with Gasteiger partial charge in [-0.25, -0.2) is 0 Å². The summed E-state index contributed by atoms with van der Waals surface area (Å²) in [7, 11) is 3.25. The minimum atomic E-state index is -0.236. The fraction of sp³-hybridized carbons (Fsp3) is 0.500. The van der Waals surface area contributed by atoms with E-state index < -0.39 is 0 Å². The van der Waals surface area contributed by atoms with Crippen molar-refractivity contribution in [2.45, 2.75) is 25.9 Å². The van der Waals surface area contributed by atoms with Gasteiger partial charge in [0.05, 0.1) is 24.9 Å². The Morgan fingerprint density at radius 1 is 1.28 bits per heavy atom. The van der Waals surface area contributed by atoms with Crippen LogP contribution in [0.25, 0.3) is 0 Å². The van der Waals surface area contributed by atoms with Crippen LogP contribution in [0.4, 0.5) is 0 Å². The molecular formula is C14H20O4. The summed E-state index contributed by atoms with van der Waals surface area (Å²) in [5.74, 6) is 1.21. The van der Waals surface area contributed by atoms with E-state index in [1.807, 2.05) is 13.8 Å². The van der Waals surface area contributed by atoms with Gasteiger partial charge in [-0.05, 0) is 26.0 Å². The normalized spacial score (nSPS) is 11.1. The third-order valence-corrected chi connectivity index (χ3v) is 2.86. The third kappa shape index (κ3) is 4.04. The van der Waals surface area contributed by atoms with E-state index in [0.29, 0.717) is 23.7 Å². The van der Waals surface area contributed by atoms with Gasteiger partial charge in [0.25, 0.3) is 0 Å². The van der Waals surface area contributed by atoms with E-state index in [1.54, 1.807) is 32.4 Å². The summed E-state index contributed by atoms with van der Waals surface area (Å²) in [6.07, 6.45) is 1.51. The highest BCUT2D eigenvalue weighted by Gasteiger charge is 2.16. The van der Waals surface area contributed by atoms with E-state index in [0.717, 1.165) is 12.7 Å². The zero-order valence-corrected chi connectivity index (χ0v) is 11.4. The average Bonchev–Trinajstić information content (AvgIpc) is 2.38. The van der Waals surface area contributed by atoms with Gasteiger partial charge >= 0.3 is 0 Å². The number of carbonyl (C=O) groups is 1. The molecule has 100 valence electrons. The molecule has 0 bridgehead atoms. The zero-order chi connectivity index (χ0) is 13.6.